The Balaban J connectivity index is 0.000000940. The largest absolute Gasteiger partial charge is 0.494 e. The number of carboxylic acid groups (broad SMARTS) is 3. The maximum atomic E-state index is 13.5. The lowest BCUT2D eigenvalue weighted by atomic mass is 9.80. The lowest BCUT2D eigenvalue weighted by Crippen LogP contribution is -2.58. The number of ether oxygens (including phenoxy) is 2. The Morgan fingerprint density at radius 2 is 0.989 bits per heavy atom. The molecule has 22 heteroatoms. The summed E-state index contributed by atoms with van der Waals surface area (Å²) >= 11 is 0. The average Bonchev–Trinajstić information content (AvgIpc) is 0.827. The molecule has 6 atom stereocenters. The van der Waals surface area contributed by atoms with Crippen molar-refractivity contribution in [2.75, 3.05) is 13.2 Å². The molecule has 0 unspecified atom stereocenters. The molecular formula is C72H113N5O17. The molecule has 0 aromatic heterocycles. The fraction of sp³-hybridized carbons (Fsp3) is 0.639. The van der Waals surface area contributed by atoms with Crippen molar-refractivity contribution in [1.82, 2.24) is 10.6 Å². The van der Waals surface area contributed by atoms with Crippen molar-refractivity contribution in [3.63, 3.8) is 0 Å². The zero-order valence-corrected chi connectivity index (χ0v) is 56.9. The van der Waals surface area contributed by atoms with Gasteiger partial charge in [-0.15, -0.1) is 0 Å². The van der Waals surface area contributed by atoms with Crippen LogP contribution in [0.15, 0.2) is 72.3 Å². The van der Waals surface area contributed by atoms with Gasteiger partial charge >= 0.3 is 17.9 Å². The highest BCUT2D eigenvalue weighted by Gasteiger charge is 2.50. The number of Topliss-reactive ketones (excluding diaryl/α,β-unsaturated/α-hetero) is 2. The standard InChI is InChI=1S/C36H56N4O7.C36H57NO10/c1-4-5-6-9-12-15-28(41)16-13-10-7-8-11-14-17-30(36(46,35(39)45)25-32(37)42)34(44)40-31(33(38)43)24-27-18-20-29(21-19-27)47-23-22-26(2)3;1-4-5-6-9-12-15-28(38)16-13-10-7-8-11-14-17-30(36(46,35(44)45)25-32(39)40)33(41)37-31(34(42)43)24-27-18-20-29(21-19-27)47-23-22-26(2)3/h14,17-22,30-31,46H,4-13,15-16,23-25H2,1-3H3,(H2,37,42)(H2,38,43)(H2,39,45)(H,40,44);18-21,26,30-31,46H,4-17,22-25H2,1-3H3,(H,37,41)(H,39,40)(H,42,43)(H,44,45)/b17-14+;/t2*30-,31+,36+/m11/s1. The molecule has 22 nitrogen and oxygen atoms in total. The molecule has 0 aliphatic rings. The van der Waals surface area contributed by atoms with Gasteiger partial charge in [0.05, 0.1) is 31.3 Å². The Kier molecular flexibility index (Phi) is 43.4. The minimum atomic E-state index is -2.93. The molecule has 0 spiro atoms. The Bertz CT molecular complexity index is 2670. The van der Waals surface area contributed by atoms with Crippen LogP contribution in [0, 0.1) is 17.8 Å². The highest BCUT2D eigenvalue weighted by atomic mass is 16.5. The molecule has 0 saturated heterocycles. The Labute approximate surface area is 557 Å². The van der Waals surface area contributed by atoms with Gasteiger partial charge in [0.1, 0.15) is 41.8 Å². The zero-order chi connectivity index (χ0) is 70.5. The Morgan fingerprint density at radius 1 is 0.543 bits per heavy atom. The lowest BCUT2D eigenvalue weighted by molar-refractivity contribution is -0.175. The number of rotatable bonds is 54. The minimum Gasteiger partial charge on any atom is -0.494 e. The van der Waals surface area contributed by atoms with Gasteiger partial charge in [-0.25, -0.2) is 9.59 Å². The van der Waals surface area contributed by atoms with E-state index in [4.69, 9.17) is 26.7 Å². The first-order valence-electron chi connectivity index (χ1n) is 34.0. The van der Waals surface area contributed by atoms with Crippen molar-refractivity contribution < 1.29 is 83.0 Å². The summed E-state index contributed by atoms with van der Waals surface area (Å²) in [7, 11) is 0. The van der Waals surface area contributed by atoms with Crippen LogP contribution in [0.5, 0.6) is 11.5 Å². The zero-order valence-electron chi connectivity index (χ0n) is 56.9. The summed E-state index contributed by atoms with van der Waals surface area (Å²) in [4.78, 5) is 123. The van der Waals surface area contributed by atoms with Crippen molar-refractivity contribution in [3.05, 3.63) is 83.5 Å². The number of carbonyl (C=O) groups is 10. The van der Waals surface area contributed by atoms with Crippen molar-refractivity contribution in [3.8, 4) is 11.5 Å². The summed E-state index contributed by atoms with van der Waals surface area (Å²) < 4.78 is 11.3. The van der Waals surface area contributed by atoms with Crippen LogP contribution in [-0.4, -0.2) is 121 Å². The number of hydrogen-bond donors (Lipinski definition) is 10. The number of carboxylic acids is 3. The third kappa shape index (κ3) is 36.8. The predicted octanol–water partition coefficient (Wildman–Crippen LogP) is 10.3. The molecule has 0 bridgehead atoms. The first-order valence-corrected chi connectivity index (χ1v) is 34.0. The van der Waals surface area contributed by atoms with Gasteiger partial charge in [0.15, 0.2) is 11.2 Å². The summed E-state index contributed by atoms with van der Waals surface area (Å²) in [5, 5.41) is 55.9. The summed E-state index contributed by atoms with van der Waals surface area (Å²) in [6.07, 6.45) is 24.8. The van der Waals surface area contributed by atoms with Gasteiger partial charge in [-0.2, -0.15) is 0 Å². The van der Waals surface area contributed by atoms with E-state index in [-0.39, 0.29) is 25.0 Å². The van der Waals surface area contributed by atoms with E-state index in [1.165, 1.54) is 38.2 Å². The summed E-state index contributed by atoms with van der Waals surface area (Å²) in [5.74, 6) is -11.0. The second-order valence-corrected chi connectivity index (χ2v) is 25.4. The molecule has 13 N–H and O–H groups in total. The van der Waals surface area contributed by atoms with E-state index in [1.54, 1.807) is 54.6 Å². The molecule has 0 aliphatic carbocycles. The molecule has 2 rings (SSSR count). The normalized spacial score (nSPS) is 13.8. The van der Waals surface area contributed by atoms with Crippen LogP contribution in [-0.2, 0) is 60.8 Å². The fourth-order valence-corrected chi connectivity index (χ4v) is 10.5. The van der Waals surface area contributed by atoms with Crippen molar-refractivity contribution >= 4 is 59.0 Å². The molecule has 2 aromatic carbocycles. The Morgan fingerprint density at radius 3 is 1.41 bits per heavy atom. The lowest BCUT2D eigenvalue weighted by Gasteiger charge is -2.31. The number of carbonyl (C=O) groups excluding carboxylic acids is 7. The van der Waals surface area contributed by atoms with Crippen LogP contribution in [0.1, 0.15) is 239 Å². The molecule has 0 fully saturated rings. The number of nitrogens with one attached hydrogen (secondary N) is 2. The Hall–Kier alpha value is -7.46. The first kappa shape index (κ1) is 84.6. The van der Waals surface area contributed by atoms with Crippen LogP contribution >= 0.6 is 0 Å². The quantitative estimate of drug-likeness (QED) is 0.0217. The molecular weight excluding hydrogens is 1210 g/mol. The van der Waals surface area contributed by atoms with E-state index >= 15 is 0 Å². The monoisotopic (exact) mass is 1320 g/mol. The number of nitrogens with two attached hydrogens (primary N) is 3. The van der Waals surface area contributed by atoms with E-state index in [0.717, 1.165) is 95.5 Å². The first-order chi connectivity index (χ1) is 44.6. The average molecular weight is 1320 g/mol. The van der Waals surface area contributed by atoms with Crippen LogP contribution < -0.4 is 37.3 Å². The van der Waals surface area contributed by atoms with Gasteiger partial charge in [0.2, 0.25) is 23.6 Å². The van der Waals surface area contributed by atoms with Gasteiger partial charge in [-0.1, -0.05) is 166 Å². The highest BCUT2D eigenvalue weighted by molar-refractivity contribution is 5.98. The number of aliphatic carboxylic acids is 3. The smallest absolute Gasteiger partial charge is 0.337 e. The van der Waals surface area contributed by atoms with Gasteiger partial charge in [-0.05, 0) is 113 Å². The number of unbranched alkanes of at least 4 members (excludes halogenated alkanes) is 17. The molecule has 94 heavy (non-hydrogen) atoms. The number of ketones is 2. The summed E-state index contributed by atoms with van der Waals surface area (Å²) in [6, 6.07) is 11.0. The van der Waals surface area contributed by atoms with E-state index in [9.17, 15) is 73.5 Å². The number of allylic oxidation sites excluding steroid dienone is 2. The second-order valence-electron chi connectivity index (χ2n) is 25.4. The third-order valence-electron chi connectivity index (χ3n) is 16.3. The summed E-state index contributed by atoms with van der Waals surface area (Å²) in [5.41, 5.74) is 13.1. The van der Waals surface area contributed by atoms with Gasteiger partial charge in [0.25, 0.3) is 5.91 Å². The number of aliphatic hydroxyl groups is 2. The maximum absolute atomic E-state index is 13.5. The molecule has 2 aromatic rings. The van der Waals surface area contributed by atoms with E-state index < -0.39 is 95.4 Å². The van der Waals surface area contributed by atoms with Gasteiger partial charge in [-0.3, -0.25) is 38.4 Å². The highest BCUT2D eigenvalue weighted by Crippen LogP contribution is 2.30. The predicted molar refractivity (Wildman–Crippen MR) is 361 cm³/mol. The molecule has 5 amide bonds. The van der Waals surface area contributed by atoms with E-state index in [2.05, 4.69) is 38.3 Å². The van der Waals surface area contributed by atoms with Gasteiger partial charge in [0, 0.05) is 38.5 Å². The van der Waals surface area contributed by atoms with E-state index in [1.807, 2.05) is 19.9 Å². The number of benzene rings is 2. The molecule has 528 valence electrons. The van der Waals surface area contributed by atoms with Crippen LogP contribution in [0.4, 0.5) is 0 Å². The van der Waals surface area contributed by atoms with Crippen LogP contribution in [0.2, 0.25) is 0 Å². The van der Waals surface area contributed by atoms with Crippen molar-refractivity contribution in [2.24, 2.45) is 35.0 Å². The molecule has 0 aliphatic heterocycles. The fourth-order valence-electron chi connectivity index (χ4n) is 10.5. The minimum absolute atomic E-state index is 0.0257. The SMILES string of the molecule is CCCCCCCC(=O)CCCCCC/C=C/[C@H](C(=O)N[C@@H](Cc1ccc(OCC=C(C)C)cc1)C(N)=O)[C@@](O)(CC(N)=O)C(N)=O.CCCCCCCC(=O)CCCCCCCC[C@H](C(=O)N[C@@H](Cc1ccc(OCCC(C)C)cc1)C(=O)O)[C@@](O)(CC(=O)O)C(=O)O. The molecule has 0 heterocycles. The van der Waals surface area contributed by atoms with Crippen LogP contribution in [0.3, 0.4) is 0 Å². The number of hydrogen-bond acceptors (Lipinski definition) is 14. The molecule has 0 saturated carbocycles. The number of amides is 5. The van der Waals surface area contributed by atoms with Crippen LogP contribution in [0.25, 0.3) is 0 Å². The maximum Gasteiger partial charge on any atom is 0.337 e. The van der Waals surface area contributed by atoms with Gasteiger partial charge < -0.3 is 62.8 Å². The molecule has 0 radical (unpaired) electrons. The third-order valence-corrected chi connectivity index (χ3v) is 16.3. The van der Waals surface area contributed by atoms with E-state index in [0.29, 0.717) is 92.5 Å². The summed E-state index contributed by atoms with van der Waals surface area (Å²) in [6.45, 7) is 13.4. The van der Waals surface area contributed by atoms with Crippen molar-refractivity contribution in [1.29, 1.82) is 0 Å². The second kappa shape index (κ2) is 48.3. The topological polar surface area (TPSA) is 392 Å². The van der Waals surface area contributed by atoms with Crippen molar-refractivity contribution in [2.45, 2.75) is 264 Å². The number of primary amides is 3.